The van der Waals surface area contributed by atoms with Crippen molar-refractivity contribution in [3.63, 3.8) is 0 Å². The molecule has 1 unspecified atom stereocenters. The molecule has 1 atom stereocenters. The molecule has 0 amide bonds. The third-order valence-corrected chi connectivity index (χ3v) is 5.11. The van der Waals surface area contributed by atoms with Gasteiger partial charge in [0.25, 0.3) is 0 Å². The van der Waals surface area contributed by atoms with Crippen LogP contribution >= 0.6 is 39.0 Å². The summed E-state index contributed by atoms with van der Waals surface area (Å²) in [4.78, 5) is 1.37. The zero-order chi connectivity index (χ0) is 12.2. The van der Waals surface area contributed by atoms with E-state index in [1.54, 1.807) is 11.3 Å². The van der Waals surface area contributed by atoms with Gasteiger partial charge >= 0.3 is 0 Å². The molecule has 0 aliphatic rings. The molecule has 3 N–H and O–H groups in total. The summed E-state index contributed by atoms with van der Waals surface area (Å²) in [7, 11) is 0. The van der Waals surface area contributed by atoms with Crippen molar-refractivity contribution in [3.05, 3.63) is 20.8 Å². The molecule has 92 valence electrons. The Hall–Kier alpha value is 0.450. The molecule has 0 saturated heterocycles. The lowest BCUT2D eigenvalue weighted by Gasteiger charge is -2.22. The molecular weight excluding hydrogens is 304 g/mol. The van der Waals surface area contributed by atoms with Crippen LogP contribution in [-0.4, -0.2) is 16.5 Å². The topological polar surface area (TPSA) is 38.0 Å². The Morgan fingerprint density at radius 3 is 2.62 bits per heavy atom. The van der Waals surface area contributed by atoms with Crippen LogP contribution in [0.5, 0.6) is 0 Å². The van der Waals surface area contributed by atoms with E-state index in [1.807, 2.05) is 11.8 Å². The first-order valence-corrected chi connectivity index (χ1v) is 7.84. The maximum atomic E-state index is 5.59. The fraction of sp³-hybridized carbons (Fsp3) is 0.636. The summed E-state index contributed by atoms with van der Waals surface area (Å²) in [6.45, 7) is 6.69. The third kappa shape index (κ3) is 5.68. The van der Waals surface area contributed by atoms with E-state index < -0.39 is 0 Å². The molecular formula is C11H19BrN2S2. The Morgan fingerprint density at radius 1 is 1.50 bits per heavy atom. The Labute approximate surface area is 114 Å². The van der Waals surface area contributed by atoms with Crippen LogP contribution in [-0.2, 0) is 6.42 Å². The lowest BCUT2D eigenvalue weighted by molar-refractivity contribution is 0.577. The molecule has 0 bridgehead atoms. The minimum Gasteiger partial charge on any atom is -0.271 e. The number of rotatable bonds is 5. The molecule has 5 heteroatoms. The normalized spacial score (nSPS) is 14.1. The highest BCUT2D eigenvalue weighted by atomic mass is 79.9. The molecule has 1 rings (SSSR count). The third-order valence-electron chi connectivity index (χ3n) is 2.03. The van der Waals surface area contributed by atoms with Gasteiger partial charge in [-0.1, -0.05) is 20.8 Å². The highest BCUT2D eigenvalue weighted by Gasteiger charge is 2.15. The van der Waals surface area contributed by atoms with Crippen LogP contribution in [0.1, 0.15) is 25.6 Å². The summed E-state index contributed by atoms with van der Waals surface area (Å²) in [5.41, 5.74) is 2.90. The Balaban J connectivity index is 2.43. The summed E-state index contributed by atoms with van der Waals surface area (Å²) >= 11 is 7.20. The van der Waals surface area contributed by atoms with Crippen molar-refractivity contribution in [1.82, 2.24) is 5.43 Å². The zero-order valence-electron chi connectivity index (χ0n) is 9.92. The minimum absolute atomic E-state index is 0.297. The number of hydrazine groups is 1. The van der Waals surface area contributed by atoms with E-state index in [2.05, 4.69) is 54.3 Å². The number of halogens is 1. The van der Waals surface area contributed by atoms with Crippen LogP contribution in [0.15, 0.2) is 15.9 Å². The van der Waals surface area contributed by atoms with Gasteiger partial charge in [0.2, 0.25) is 0 Å². The SMILES string of the molecule is CC(C)(C)SCC(Cc1ccc(Br)s1)NN. The summed E-state index contributed by atoms with van der Waals surface area (Å²) < 4.78 is 1.48. The number of nitrogens with one attached hydrogen (secondary N) is 1. The first kappa shape index (κ1) is 14.5. The Morgan fingerprint density at radius 2 is 2.19 bits per heavy atom. The molecule has 1 aromatic rings. The van der Waals surface area contributed by atoms with Crippen LogP contribution < -0.4 is 11.3 Å². The molecule has 0 radical (unpaired) electrons. The lowest BCUT2D eigenvalue weighted by Crippen LogP contribution is -2.39. The summed E-state index contributed by atoms with van der Waals surface area (Å²) in [6.07, 6.45) is 0.996. The van der Waals surface area contributed by atoms with Gasteiger partial charge in [0.1, 0.15) is 0 Å². The highest BCUT2D eigenvalue weighted by Crippen LogP contribution is 2.26. The predicted octanol–water partition coefficient (Wildman–Crippen LogP) is 3.42. The smallest absolute Gasteiger partial charge is 0.0701 e. The van der Waals surface area contributed by atoms with E-state index in [4.69, 9.17) is 5.84 Å². The van der Waals surface area contributed by atoms with Crippen molar-refractivity contribution in [3.8, 4) is 0 Å². The molecule has 1 heterocycles. The summed E-state index contributed by atoms with van der Waals surface area (Å²) in [5, 5.41) is 0. The number of hydrogen-bond acceptors (Lipinski definition) is 4. The standard InChI is InChI=1S/C11H19BrN2S2/c1-11(2,3)15-7-8(14-13)6-9-4-5-10(12)16-9/h4-5,8,14H,6-7,13H2,1-3H3. The fourth-order valence-electron chi connectivity index (χ4n) is 1.22. The van der Waals surface area contributed by atoms with Crippen molar-refractivity contribution in [2.75, 3.05) is 5.75 Å². The largest absolute Gasteiger partial charge is 0.271 e. The van der Waals surface area contributed by atoms with Crippen LogP contribution in [0.25, 0.3) is 0 Å². The van der Waals surface area contributed by atoms with E-state index in [0.29, 0.717) is 10.8 Å². The Bertz CT molecular complexity index is 320. The number of hydrogen-bond donors (Lipinski definition) is 2. The molecule has 2 nitrogen and oxygen atoms in total. The highest BCUT2D eigenvalue weighted by molar-refractivity contribution is 9.11. The number of thioether (sulfide) groups is 1. The van der Waals surface area contributed by atoms with E-state index in [-0.39, 0.29) is 0 Å². The van der Waals surface area contributed by atoms with Crippen molar-refractivity contribution in [1.29, 1.82) is 0 Å². The summed E-state index contributed by atoms with van der Waals surface area (Å²) in [5.74, 6) is 6.62. The van der Waals surface area contributed by atoms with E-state index in [9.17, 15) is 0 Å². The second kappa shape index (κ2) is 6.40. The minimum atomic E-state index is 0.297. The average molecular weight is 323 g/mol. The lowest BCUT2D eigenvalue weighted by atomic mass is 10.2. The number of nitrogens with two attached hydrogens (primary N) is 1. The van der Waals surface area contributed by atoms with Crippen molar-refractivity contribution in [2.24, 2.45) is 5.84 Å². The van der Waals surface area contributed by atoms with Crippen LogP contribution in [0, 0.1) is 0 Å². The van der Waals surface area contributed by atoms with E-state index in [1.165, 1.54) is 8.66 Å². The molecule has 0 aliphatic carbocycles. The van der Waals surface area contributed by atoms with Gasteiger partial charge in [-0.15, -0.1) is 11.3 Å². The van der Waals surface area contributed by atoms with E-state index >= 15 is 0 Å². The zero-order valence-corrected chi connectivity index (χ0v) is 13.1. The van der Waals surface area contributed by atoms with Gasteiger partial charge in [0, 0.05) is 21.4 Å². The van der Waals surface area contributed by atoms with Crippen LogP contribution in [0.2, 0.25) is 0 Å². The maximum Gasteiger partial charge on any atom is 0.0701 e. The molecule has 0 saturated carbocycles. The van der Waals surface area contributed by atoms with Gasteiger partial charge in [0.05, 0.1) is 3.79 Å². The van der Waals surface area contributed by atoms with Gasteiger partial charge in [-0.25, -0.2) is 0 Å². The number of thiophene rings is 1. The van der Waals surface area contributed by atoms with Gasteiger partial charge in [-0.05, 0) is 34.5 Å². The molecule has 0 aliphatic heterocycles. The van der Waals surface area contributed by atoms with Gasteiger partial charge in [-0.3, -0.25) is 11.3 Å². The second-order valence-corrected chi connectivity index (χ2v) is 9.09. The van der Waals surface area contributed by atoms with Crippen molar-refractivity contribution in [2.45, 2.75) is 38.0 Å². The maximum absolute atomic E-state index is 5.59. The predicted molar refractivity (Wildman–Crippen MR) is 79.0 cm³/mol. The van der Waals surface area contributed by atoms with Gasteiger partial charge < -0.3 is 0 Å². The van der Waals surface area contributed by atoms with E-state index in [0.717, 1.165) is 12.2 Å². The molecule has 0 fully saturated rings. The summed E-state index contributed by atoms with van der Waals surface area (Å²) in [6, 6.07) is 4.58. The van der Waals surface area contributed by atoms with Crippen LogP contribution in [0.4, 0.5) is 0 Å². The fourth-order valence-corrected chi connectivity index (χ4v) is 3.70. The monoisotopic (exact) mass is 322 g/mol. The first-order valence-electron chi connectivity index (χ1n) is 5.25. The molecule has 1 aromatic heterocycles. The quantitative estimate of drug-likeness (QED) is 0.644. The van der Waals surface area contributed by atoms with Crippen LogP contribution in [0.3, 0.4) is 0 Å². The molecule has 16 heavy (non-hydrogen) atoms. The first-order chi connectivity index (χ1) is 7.40. The second-order valence-electron chi connectivity index (χ2n) is 4.70. The van der Waals surface area contributed by atoms with Crippen molar-refractivity contribution >= 4 is 39.0 Å². The van der Waals surface area contributed by atoms with Gasteiger partial charge in [-0.2, -0.15) is 11.8 Å². The van der Waals surface area contributed by atoms with Crippen molar-refractivity contribution < 1.29 is 0 Å². The van der Waals surface area contributed by atoms with Gasteiger partial charge in [0.15, 0.2) is 0 Å². The molecule has 0 aromatic carbocycles. The Kier molecular flexibility index (Phi) is 5.81. The molecule has 0 spiro atoms. The average Bonchev–Trinajstić information content (AvgIpc) is 2.57.